The predicted octanol–water partition coefficient (Wildman–Crippen LogP) is 4.32. The zero-order valence-electron chi connectivity index (χ0n) is 12.0. The molecule has 2 heteroatoms. The Kier molecular flexibility index (Phi) is 7.51. The van der Waals surface area contributed by atoms with Crippen LogP contribution in [0, 0.1) is 0 Å². The average molecular weight is 249 g/mol. The first kappa shape index (κ1) is 15.0. The molecule has 0 fully saturated rings. The number of methoxy groups -OCH3 is 1. The van der Waals surface area contributed by atoms with Crippen LogP contribution in [0.25, 0.3) is 0 Å². The molecular formula is C16H27NO. The summed E-state index contributed by atoms with van der Waals surface area (Å²) >= 11 is 0. The van der Waals surface area contributed by atoms with Crippen LogP contribution in [-0.2, 0) is 0 Å². The summed E-state index contributed by atoms with van der Waals surface area (Å²) in [5.41, 5.74) is 1.34. The normalized spacial score (nSPS) is 12.4. The minimum absolute atomic E-state index is 0.460. The third-order valence-corrected chi connectivity index (χ3v) is 3.29. The Morgan fingerprint density at radius 3 is 2.67 bits per heavy atom. The van der Waals surface area contributed by atoms with E-state index in [4.69, 9.17) is 4.74 Å². The van der Waals surface area contributed by atoms with Gasteiger partial charge in [0.2, 0.25) is 0 Å². The van der Waals surface area contributed by atoms with Crippen LogP contribution < -0.4 is 10.1 Å². The summed E-state index contributed by atoms with van der Waals surface area (Å²) in [5, 5.41) is 3.57. The molecule has 1 N–H and O–H groups in total. The number of hydrogen-bond acceptors (Lipinski definition) is 2. The quantitative estimate of drug-likeness (QED) is 0.658. The van der Waals surface area contributed by atoms with Gasteiger partial charge in [-0.05, 0) is 30.7 Å². The molecule has 1 unspecified atom stereocenters. The molecule has 0 heterocycles. The maximum Gasteiger partial charge on any atom is 0.119 e. The molecule has 0 saturated carbocycles. The first-order chi connectivity index (χ1) is 8.81. The van der Waals surface area contributed by atoms with Crippen molar-refractivity contribution < 1.29 is 4.74 Å². The second-order valence-electron chi connectivity index (χ2n) is 4.74. The Morgan fingerprint density at radius 1 is 1.17 bits per heavy atom. The molecule has 0 aromatic heterocycles. The highest BCUT2D eigenvalue weighted by Gasteiger charge is 2.10. The van der Waals surface area contributed by atoms with E-state index >= 15 is 0 Å². The molecule has 0 aliphatic rings. The number of rotatable bonds is 9. The van der Waals surface area contributed by atoms with E-state index in [9.17, 15) is 0 Å². The Labute approximate surface area is 112 Å². The van der Waals surface area contributed by atoms with E-state index in [1.807, 2.05) is 6.07 Å². The highest BCUT2D eigenvalue weighted by atomic mass is 16.5. The number of unbranched alkanes of at least 4 members (excludes halogenated alkanes) is 3. The maximum atomic E-state index is 5.30. The van der Waals surface area contributed by atoms with Gasteiger partial charge in [0.25, 0.3) is 0 Å². The molecule has 1 aromatic carbocycles. The van der Waals surface area contributed by atoms with E-state index in [1.165, 1.54) is 37.7 Å². The lowest BCUT2D eigenvalue weighted by Crippen LogP contribution is -2.20. The van der Waals surface area contributed by atoms with Crippen LogP contribution in [0.4, 0.5) is 0 Å². The molecular weight excluding hydrogens is 222 g/mol. The first-order valence-electron chi connectivity index (χ1n) is 7.19. The van der Waals surface area contributed by atoms with Gasteiger partial charge in [-0.1, -0.05) is 51.7 Å². The molecule has 0 amide bonds. The second-order valence-corrected chi connectivity index (χ2v) is 4.74. The number of ether oxygens (including phenoxy) is 1. The number of nitrogens with one attached hydrogen (secondary N) is 1. The summed E-state index contributed by atoms with van der Waals surface area (Å²) in [7, 11) is 1.72. The lowest BCUT2D eigenvalue weighted by atomic mass is 10.00. The average Bonchev–Trinajstić information content (AvgIpc) is 2.42. The van der Waals surface area contributed by atoms with Gasteiger partial charge in [-0.15, -0.1) is 0 Å². The molecule has 1 aromatic rings. The molecule has 0 bridgehead atoms. The molecule has 18 heavy (non-hydrogen) atoms. The van der Waals surface area contributed by atoms with Gasteiger partial charge in [0.05, 0.1) is 7.11 Å². The third-order valence-electron chi connectivity index (χ3n) is 3.29. The summed E-state index contributed by atoms with van der Waals surface area (Å²) in [5.74, 6) is 0.948. The van der Waals surface area contributed by atoms with Gasteiger partial charge >= 0.3 is 0 Å². The monoisotopic (exact) mass is 249 g/mol. The topological polar surface area (TPSA) is 21.3 Å². The predicted molar refractivity (Wildman–Crippen MR) is 78.2 cm³/mol. The van der Waals surface area contributed by atoms with E-state index < -0.39 is 0 Å². The van der Waals surface area contributed by atoms with Crippen LogP contribution in [0.5, 0.6) is 5.75 Å². The van der Waals surface area contributed by atoms with E-state index in [-0.39, 0.29) is 0 Å². The van der Waals surface area contributed by atoms with Gasteiger partial charge in [-0.2, -0.15) is 0 Å². The first-order valence-corrected chi connectivity index (χ1v) is 7.19. The van der Waals surface area contributed by atoms with E-state index in [2.05, 4.69) is 37.4 Å². The zero-order chi connectivity index (χ0) is 13.2. The molecule has 0 saturated heterocycles. The van der Waals surface area contributed by atoms with Crippen molar-refractivity contribution in [2.24, 2.45) is 0 Å². The van der Waals surface area contributed by atoms with Crippen molar-refractivity contribution in [1.29, 1.82) is 0 Å². The van der Waals surface area contributed by atoms with Crippen molar-refractivity contribution in [2.45, 2.75) is 52.0 Å². The van der Waals surface area contributed by atoms with Crippen LogP contribution in [0.2, 0.25) is 0 Å². The minimum Gasteiger partial charge on any atom is -0.497 e. The molecule has 1 rings (SSSR count). The van der Waals surface area contributed by atoms with Crippen molar-refractivity contribution >= 4 is 0 Å². The third kappa shape index (κ3) is 5.09. The smallest absolute Gasteiger partial charge is 0.119 e. The van der Waals surface area contributed by atoms with Gasteiger partial charge in [0, 0.05) is 6.04 Å². The SMILES string of the molecule is CCCCCCC(NCC)c1cccc(OC)c1. The summed E-state index contributed by atoms with van der Waals surface area (Å²) in [6.45, 7) is 5.43. The van der Waals surface area contributed by atoms with E-state index in [0.29, 0.717) is 6.04 Å². The molecule has 0 radical (unpaired) electrons. The standard InChI is InChI=1S/C16H27NO/c1-4-6-7-8-12-16(17-5-2)14-10-9-11-15(13-14)18-3/h9-11,13,16-17H,4-8,12H2,1-3H3. The summed E-state index contributed by atoms with van der Waals surface area (Å²) < 4.78 is 5.30. The Balaban J connectivity index is 2.58. The van der Waals surface area contributed by atoms with E-state index in [0.717, 1.165) is 12.3 Å². The fourth-order valence-electron chi connectivity index (χ4n) is 2.27. The molecule has 0 aliphatic heterocycles. The fraction of sp³-hybridized carbons (Fsp3) is 0.625. The van der Waals surface area contributed by atoms with Gasteiger partial charge in [-0.25, -0.2) is 0 Å². The lowest BCUT2D eigenvalue weighted by molar-refractivity contribution is 0.412. The summed E-state index contributed by atoms with van der Waals surface area (Å²) in [4.78, 5) is 0. The van der Waals surface area contributed by atoms with Crippen LogP contribution in [0.15, 0.2) is 24.3 Å². The maximum absolute atomic E-state index is 5.30. The van der Waals surface area contributed by atoms with Gasteiger partial charge in [0.1, 0.15) is 5.75 Å². The minimum atomic E-state index is 0.460. The summed E-state index contributed by atoms with van der Waals surface area (Å²) in [6.07, 6.45) is 6.48. The van der Waals surface area contributed by atoms with Crippen LogP contribution in [0.3, 0.4) is 0 Å². The number of benzene rings is 1. The molecule has 0 spiro atoms. The molecule has 1 atom stereocenters. The van der Waals surface area contributed by atoms with Crippen molar-refractivity contribution in [1.82, 2.24) is 5.32 Å². The molecule has 102 valence electrons. The van der Waals surface area contributed by atoms with Crippen molar-refractivity contribution in [3.8, 4) is 5.75 Å². The fourth-order valence-corrected chi connectivity index (χ4v) is 2.27. The zero-order valence-corrected chi connectivity index (χ0v) is 12.0. The molecule has 0 aliphatic carbocycles. The van der Waals surface area contributed by atoms with Crippen LogP contribution in [-0.4, -0.2) is 13.7 Å². The van der Waals surface area contributed by atoms with E-state index in [1.54, 1.807) is 7.11 Å². The van der Waals surface area contributed by atoms with Crippen molar-refractivity contribution in [2.75, 3.05) is 13.7 Å². The largest absolute Gasteiger partial charge is 0.497 e. The van der Waals surface area contributed by atoms with Gasteiger partial charge < -0.3 is 10.1 Å². The van der Waals surface area contributed by atoms with Crippen molar-refractivity contribution in [3.05, 3.63) is 29.8 Å². The highest BCUT2D eigenvalue weighted by Crippen LogP contribution is 2.23. The number of hydrogen-bond donors (Lipinski definition) is 1. The van der Waals surface area contributed by atoms with Crippen LogP contribution in [0.1, 0.15) is 57.6 Å². The van der Waals surface area contributed by atoms with Gasteiger partial charge in [-0.3, -0.25) is 0 Å². The van der Waals surface area contributed by atoms with Crippen LogP contribution >= 0.6 is 0 Å². The second kappa shape index (κ2) is 8.98. The summed E-state index contributed by atoms with van der Waals surface area (Å²) in [6, 6.07) is 8.87. The Hall–Kier alpha value is -1.02. The lowest BCUT2D eigenvalue weighted by Gasteiger charge is -2.19. The molecule has 2 nitrogen and oxygen atoms in total. The Bertz CT molecular complexity index is 325. The van der Waals surface area contributed by atoms with Gasteiger partial charge in [0.15, 0.2) is 0 Å². The van der Waals surface area contributed by atoms with Crippen molar-refractivity contribution in [3.63, 3.8) is 0 Å². The Morgan fingerprint density at radius 2 is 2.00 bits per heavy atom. The highest BCUT2D eigenvalue weighted by molar-refractivity contribution is 5.30.